The lowest BCUT2D eigenvalue weighted by Gasteiger charge is -2.09. The Hall–Kier alpha value is -2.88. The lowest BCUT2D eigenvalue weighted by Crippen LogP contribution is -2.12. The van der Waals surface area contributed by atoms with Gasteiger partial charge in [0.2, 0.25) is 5.91 Å². The molecule has 0 atom stereocenters. The molecule has 23 heavy (non-hydrogen) atoms. The maximum Gasteiger partial charge on any atom is 0.224 e. The molecule has 0 spiro atoms. The average molecular weight is 306 g/mol. The number of methoxy groups -OCH3 is 1. The Kier molecular flexibility index (Phi) is 4.52. The summed E-state index contributed by atoms with van der Waals surface area (Å²) < 4.78 is 5.25. The average Bonchev–Trinajstić information content (AvgIpc) is 2.61. The number of hydrogen-bond acceptors (Lipinski definition) is 3. The summed E-state index contributed by atoms with van der Waals surface area (Å²) in [6.07, 6.45) is 2.86. The zero-order valence-electron chi connectivity index (χ0n) is 13.0. The van der Waals surface area contributed by atoms with Crippen molar-refractivity contribution >= 4 is 22.5 Å². The summed E-state index contributed by atoms with van der Waals surface area (Å²) in [4.78, 5) is 16.5. The highest BCUT2D eigenvalue weighted by Crippen LogP contribution is 2.26. The molecule has 0 fully saturated rings. The molecule has 0 aliphatic heterocycles. The standard InChI is InChI=1S/C19H18N2O2/c1-23-15-8-9-17-16(13-15)18(11-12-20-17)21-19(22)10-7-14-5-3-2-4-6-14/h2-6,8-9,11-13H,7,10H2,1H3,(H,20,21,22). The molecule has 1 amide bonds. The van der Waals surface area contributed by atoms with E-state index in [1.54, 1.807) is 13.3 Å². The summed E-state index contributed by atoms with van der Waals surface area (Å²) in [6, 6.07) is 17.4. The monoisotopic (exact) mass is 306 g/mol. The van der Waals surface area contributed by atoms with Gasteiger partial charge in [0.05, 0.1) is 18.3 Å². The van der Waals surface area contributed by atoms with E-state index >= 15 is 0 Å². The maximum atomic E-state index is 12.2. The number of rotatable bonds is 5. The first-order valence-corrected chi connectivity index (χ1v) is 7.53. The topological polar surface area (TPSA) is 51.2 Å². The van der Waals surface area contributed by atoms with E-state index in [-0.39, 0.29) is 5.91 Å². The first-order chi connectivity index (χ1) is 11.3. The predicted octanol–water partition coefficient (Wildman–Crippen LogP) is 3.81. The Labute approximate surface area is 135 Å². The van der Waals surface area contributed by atoms with Crippen LogP contribution in [0.2, 0.25) is 0 Å². The van der Waals surface area contributed by atoms with E-state index < -0.39 is 0 Å². The van der Waals surface area contributed by atoms with Gasteiger partial charge in [0, 0.05) is 18.0 Å². The molecular weight excluding hydrogens is 288 g/mol. The number of carbonyl (C=O) groups is 1. The number of anilines is 1. The van der Waals surface area contributed by atoms with Gasteiger partial charge in [-0.3, -0.25) is 9.78 Å². The molecule has 0 unspecified atom stereocenters. The molecule has 0 bridgehead atoms. The van der Waals surface area contributed by atoms with Crippen molar-refractivity contribution in [2.75, 3.05) is 12.4 Å². The van der Waals surface area contributed by atoms with Crippen molar-refractivity contribution in [1.29, 1.82) is 0 Å². The van der Waals surface area contributed by atoms with Crippen LogP contribution in [0, 0.1) is 0 Å². The zero-order valence-corrected chi connectivity index (χ0v) is 13.0. The third kappa shape index (κ3) is 3.66. The second kappa shape index (κ2) is 6.92. The number of aryl methyl sites for hydroxylation is 1. The van der Waals surface area contributed by atoms with Gasteiger partial charge in [-0.05, 0) is 36.2 Å². The molecule has 0 saturated heterocycles. The third-order valence-corrected chi connectivity index (χ3v) is 3.71. The fourth-order valence-electron chi connectivity index (χ4n) is 2.48. The second-order valence-electron chi connectivity index (χ2n) is 5.28. The molecule has 1 heterocycles. The molecule has 0 radical (unpaired) electrons. The number of pyridine rings is 1. The van der Waals surface area contributed by atoms with Gasteiger partial charge in [-0.1, -0.05) is 30.3 Å². The quantitative estimate of drug-likeness (QED) is 0.779. The molecule has 4 nitrogen and oxygen atoms in total. The molecule has 116 valence electrons. The number of aromatic nitrogens is 1. The molecule has 3 aromatic rings. The van der Waals surface area contributed by atoms with Crippen molar-refractivity contribution in [3.63, 3.8) is 0 Å². The molecular formula is C19H18N2O2. The Balaban J connectivity index is 1.74. The van der Waals surface area contributed by atoms with Crippen molar-refractivity contribution in [2.24, 2.45) is 0 Å². The van der Waals surface area contributed by atoms with Crippen molar-refractivity contribution in [3.05, 3.63) is 66.4 Å². The number of fused-ring (bicyclic) bond motifs is 1. The maximum absolute atomic E-state index is 12.2. The normalized spacial score (nSPS) is 10.5. The van der Waals surface area contributed by atoms with Crippen molar-refractivity contribution < 1.29 is 9.53 Å². The molecule has 3 rings (SSSR count). The van der Waals surface area contributed by atoms with Crippen LogP contribution >= 0.6 is 0 Å². The number of amides is 1. The van der Waals surface area contributed by atoms with Gasteiger partial charge < -0.3 is 10.1 Å². The number of ether oxygens (including phenoxy) is 1. The number of carbonyl (C=O) groups excluding carboxylic acids is 1. The number of nitrogens with zero attached hydrogens (tertiary/aromatic N) is 1. The summed E-state index contributed by atoms with van der Waals surface area (Å²) >= 11 is 0. The van der Waals surface area contributed by atoms with Gasteiger partial charge in [0.15, 0.2) is 0 Å². The van der Waals surface area contributed by atoms with Crippen molar-refractivity contribution in [1.82, 2.24) is 4.98 Å². The smallest absolute Gasteiger partial charge is 0.224 e. The van der Waals surface area contributed by atoms with E-state index in [9.17, 15) is 4.79 Å². The molecule has 1 N–H and O–H groups in total. The first-order valence-electron chi connectivity index (χ1n) is 7.53. The summed E-state index contributed by atoms with van der Waals surface area (Å²) in [6.45, 7) is 0. The summed E-state index contributed by atoms with van der Waals surface area (Å²) in [5.74, 6) is 0.731. The molecule has 2 aromatic carbocycles. The fourth-order valence-corrected chi connectivity index (χ4v) is 2.48. The summed E-state index contributed by atoms with van der Waals surface area (Å²) in [5, 5.41) is 3.85. The van der Waals surface area contributed by atoms with Crippen LogP contribution in [0.5, 0.6) is 5.75 Å². The molecule has 0 saturated carbocycles. The Morgan fingerprint density at radius 3 is 2.74 bits per heavy atom. The van der Waals surface area contributed by atoms with E-state index in [0.29, 0.717) is 6.42 Å². The Morgan fingerprint density at radius 2 is 1.96 bits per heavy atom. The van der Waals surface area contributed by atoms with E-state index in [1.807, 2.05) is 54.6 Å². The highest BCUT2D eigenvalue weighted by molar-refractivity contribution is 6.01. The van der Waals surface area contributed by atoms with Gasteiger partial charge in [0.25, 0.3) is 0 Å². The van der Waals surface area contributed by atoms with Crippen LogP contribution in [-0.4, -0.2) is 18.0 Å². The highest BCUT2D eigenvalue weighted by Gasteiger charge is 2.08. The minimum absolute atomic E-state index is 0.0100. The van der Waals surface area contributed by atoms with Crippen molar-refractivity contribution in [2.45, 2.75) is 12.8 Å². The van der Waals surface area contributed by atoms with Crippen LogP contribution in [0.25, 0.3) is 10.9 Å². The largest absolute Gasteiger partial charge is 0.497 e. The minimum atomic E-state index is -0.0100. The fraction of sp³-hybridized carbons (Fsp3) is 0.158. The molecule has 0 aliphatic carbocycles. The molecule has 0 aliphatic rings. The van der Waals surface area contributed by atoms with Gasteiger partial charge in [-0.2, -0.15) is 0 Å². The Morgan fingerprint density at radius 1 is 1.13 bits per heavy atom. The summed E-state index contributed by atoms with van der Waals surface area (Å²) in [5.41, 5.74) is 2.74. The van der Waals surface area contributed by atoms with E-state index in [2.05, 4.69) is 10.3 Å². The first kappa shape index (κ1) is 15.0. The number of benzene rings is 2. The van der Waals surface area contributed by atoms with E-state index in [1.165, 1.54) is 0 Å². The Bertz CT molecular complexity index is 816. The zero-order chi connectivity index (χ0) is 16.1. The van der Waals surface area contributed by atoms with E-state index in [4.69, 9.17) is 4.74 Å². The van der Waals surface area contributed by atoms with Gasteiger partial charge in [-0.15, -0.1) is 0 Å². The number of hydrogen-bond donors (Lipinski definition) is 1. The minimum Gasteiger partial charge on any atom is -0.497 e. The van der Waals surface area contributed by atoms with Crippen LogP contribution in [0.15, 0.2) is 60.8 Å². The van der Waals surface area contributed by atoms with Gasteiger partial charge in [0.1, 0.15) is 5.75 Å². The SMILES string of the molecule is COc1ccc2nccc(NC(=O)CCc3ccccc3)c2c1. The predicted molar refractivity (Wildman–Crippen MR) is 91.7 cm³/mol. The lowest BCUT2D eigenvalue weighted by atomic mass is 10.1. The van der Waals surface area contributed by atoms with E-state index in [0.717, 1.165) is 34.3 Å². The third-order valence-electron chi connectivity index (χ3n) is 3.71. The van der Waals surface area contributed by atoms with Crippen molar-refractivity contribution in [3.8, 4) is 5.75 Å². The second-order valence-corrected chi connectivity index (χ2v) is 5.28. The summed E-state index contributed by atoms with van der Waals surface area (Å²) in [7, 11) is 1.62. The lowest BCUT2D eigenvalue weighted by molar-refractivity contribution is -0.116. The number of nitrogens with one attached hydrogen (secondary N) is 1. The highest BCUT2D eigenvalue weighted by atomic mass is 16.5. The van der Waals surface area contributed by atoms with Gasteiger partial charge in [-0.25, -0.2) is 0 Å². The van der Waals surface area contributed by atoms with Crippen LogP contribution in [0.4, 0.5) is 5.69 Å². The van der Waals surface area contributed by atoms with Gasteiger partial charge >= 0.3 is 0 Å². The van der Waals surface area contributed by atoms with Crippen LogP contribution < -0.4 is 10.1 Å². The molecule has 1 aromatic heterocycles. The van der Waals surface area contributed by atoms with Crippen LogP contribution in [0.1, 0.15) is 12.0 Å². The molecule has 4 heteroatoms. The van der Waals surface area contributed by atoms with Crippen LogP contribution in [-0.2, 0) is 11.2 Å². The van der Waals surface area contributed by atoms with Crippen LogP contribution in [0.3, 0.4) is 0 Å².